The number of rotatable bonds is 7. The third-order valence-electron chi connectivity index (χ3n) is 2.57. The molecule has 0 aromatic heterocycles. The normalized spacial score (nSPS) is 10.5. The van der Waals surface area contributed by atoms with E-state index in [1.165, 1.54) is 26.4 Å². The minimum atomic E-state index is -0.456. The predicted molar refractivity (Wildman–Crippen MR) is 69.3 cm³/mol. The van der Waals surface area contributed by atoms with Crippen LogP contribution in [0.2, 0.25) is 0 Å². The van der Waals surface area contributed by atoms with Gasteiger partial charge in [-0.3, -0.25) is 0 Å². The van der Waals surface area contributed by atoms with Gasteiger partial charge in [0.25, 0.3) is 0 Å². The number of carbonyl (C=O) groups excluding carboxylic acids is 1. The maximum atomic E-state index is 12.7. The molecular formula is C13H19FN2O3. The predicted octanol–water partition coefficient (Wildman–Crippen LogP) is 1.29. The molecule has 0 heterocycles. The number of halogens is 1. The van der Waals surface area contributed by atoms with Crippen LogP contribution >= 0.6 is 0 Å². The molecule has 0 unspecified atom stereocenters. The highest BCUT2D eigenvalue weighted by molar-refractivity contribution is 5.73. The molecule has 1 aromatic carbocycles. The molecule has 19 heavy (non-hydrogen) atoms. The van der Waals surface area contributed by atoms with Crippen molar-refractivity contribution in [3.8, 4) is 0 Å². The summed E-state index contributed by atoms with van der Waals surface area (Å²) < 4.78 is 22.5. The summed E-state index contributed by atoms with van der Waals surface area (Å²) in [5.41, 5.74) is 0.966. The second-order valence-corrected chi connectivity index (χ2v) is 3.91. The molecule has 6 heteroatoms. The Labute approximate surface area is 112 Å². The molecule has 0 fully saturated rings. The fraction of sp³-hybridized carbons (Fsp3) is 0.462. The van der Waals surface area contributed by atoms with Crippen molar-refractivity contribution in [3.63, 3.8) is 0 Å². The maximum Gasteiger partial charge on any atom is 0.314 e. The van der Waals surface area contributed by atoms with Gasteiger partial charge in [-0.15, -0.1) is 0 Å². The van der Waals surface area contributed by atoms with Crippen LogP contribution in [0.5, 0.6) is 0 Å². The van der Waals surface area contributed by atoms with Gasteiger partial charge < -0.3 is 20.1 Å². The molecule has 1 aromatic rings. The van der Waals surface area contributed by atoms with E-state index in [2.05, 4.69) is 10.6 Å². The molecule has 0 aliphatic rings. The van der Waals surface area contributed by atoms with E-state index in [4.69, 9.17) is 9.47 Å². The SMILES string of the molecule is COC(CNC(=O)NCCc1ccc(F)cc1)OC. The zero-order valence-corrected chi connectivity index (χ0v) is 11.1. The first-order chi connectivity index (χ1) is 9.15. The van der Waals surface area contributed by atoms with Crippen molar-refractivity contribution in [3.05, 3.63) is 35.6 Å². The first-order valence-electron chi connectivity index (χ1n) is 5.97. The molecule has 5 nitrogen and oxygen atoms in total. The van der Waals surface area contributed by atoms with E-state index in [-0.39, 0.29) is 18.4 Å². The molecular weight excluding hydrogens is 251 g/mol. The molecule has 0 atom stereocenters. The molecule has 0 saturated heterocycles. The van der Waals surface area contributed by atoms with E-state index >= 15 is 0 Å². The lowest BCUT2D eigenvalue weighted by Crippen LogP contribution is -2.41. The highest BCUT2D eigenvalue weighted by Crippen LogP contribution is 2.02. The smallest absolute Gasteiger partial charge is 0.314 e. The molecule has 0 spiro atoms. The second kappa shape index (κ2) is 8.44. The highest BCUT2D eigenvalue weighted by Gasteiger charge is 2.06. The van der Waals surface area contributed by atoms with E-state index in [1.807, 2.05) is 0 Å². The number of hydrogen-bond donors (Lipinski definition) is 2. The van der Waals surface area contributed by atoms with Crippen molar-refractivity contribution in [2.45, 2.75) is 12.7 Å². The third kappa shape index (κ3) is 6.17. The van der Waals surface area contributed by atoms with Gasteiger partial charge in [-0.25, -0.2) is 9.18 Å². The van der Waals surface area contributed by atoms with E-state index in [0.29, 0.717) is 13.0 Å². The van der Waals surface area contributed by atoms with Gasteiger partial charge in [-0.2, -0.15) is 0 Å². The molecule has 0 aliphatic carbocycles. The Morgan fingerprint density at radius 1 is 1.21 bits per heavy atom. The van der Waals surface area contributed by atoms with Crippen molar-refractivity contribution in [2.24, 2.45) is 0 Å². The monoisotopic (exact) mass is 270 g/mol. The van der Waals surface area contributed by atoms with Crippen LogP contribution < -0.4 is 10.6 Å². The van der Waals surface area contributed by atoms with Gasteiger partial charge in [0.05, 0.1) is 6.54 Å². The molecule has 1 rings (SSSR count). The number of benzene rings is 1. The molecule has 0 saturated carbocycles. The van der Waals surface area contributed by atoms with E-state index in [0.717, 1.165) is 5.56 Å². The van der Waals surface area contributed by atoms with E-state index < -0.39 is 6.29 Å². The number of nitrogens with one attached hydrogen (secondary N) is 2. The molecule has 0 aliphatic heterocycles. The average Bonchev–Trinajstić information content (AvgIpc) is 2.42. The van der Waals surface area contributed by atoms with Crippen LogP contribution in [-0.4, -0.2) is 39.6 Å². The first-order valence-corrected chi connectivity index (χ1v) is 5.97. The van der Waals surface area contributed by atoms with Crippen molar-refractivity contribution in [1.29, 1.82) is 0 Å². The summed E-state index contributed by atoms with van der Waals surface area (Å²) in [5, 5.41) is 5.31. The summed E-state index contributed by atoms with van der Waals surface area (Å²) in [6, 6.07) is 5.90. The second-order valence-electron chi connectivity index (χ2n) is 3.91. The minimum absolute atomic E-state index is 0.264. The Bertz CT molecular complexity index is 380. The molecule has 0 radical (unpaired) electrons. The maximum absolute atomic E-state index is 12.7. The zero-order valence-electron chi connectivity index (χ0n) is 11.1. The number of carbonyl (C=O) groups is 1. The summed E-state index contributed by atoms with van der Waals surface area (Å²) >= 11 is 0. The van der Waals surface area contributed by atoms with E-state index in [1.54, 1.807) is 12.1 Å². The van der Waals surface area contributed by atoms with Crippen LogP contribution in [0.3, 0.4) is 0 Å². The topological polar surface area (TPSA) is 59.6 Å². The average molecular weight is 270 g/mol. The Morgan fingerprint density at radius 3 is 2.42 bits per heavy atom. The zero-order chi connectivity index (χ0) is 14.1. The largest absolute Gasteiger partial charge is 0.354 e. The van der Waals surface area contributed by atoms with Gasteiger partial charge >= 0.3 is 6.03 Å². The Balaban J connectivity index is 2.18. The summed E-state index contributed by atoms with van der Waals surface area (Å²) in [6.07, 6.45) is 0.189. The van der Waals surface area contributed by atoms with Crippen molar-refractivity contribution >= 4 is 6.03 Å². The van der Waals surface area contributed by atoms with Gasteiger partial charge in [-0.1, -0.05) is 12.1 Å². The lowest BCUT2D eigenvalue weighted by atomic mass is 10.1. The van der Waals surface area contributed by atoms with Gasteiger partial charge in [-0.05, 0) is 24.1 Å². The number of ether oxygens (including phenoxy) is 2. The van der Waals surface area contributed by atoms with Gasteiger partial charge in [0, 0.05) is 20.8 Å². The Morgan fingerprint density at radius 2 is 1.84 bits per heavy atom. The summed E-state index contributed by atoms with van der Waals surface area (Å²) in [7, 11) is 3.00. The van der Waals surface area contributed by atoms with Crippen molar-refractivity contribution in [2.75, 3.05) is 27.3 Å². The fourth-order valence-corrected chi connectivity index (χ4v) is 1.47. The van der Waals surface area contributed by atoms with E-state index in [9.17, 15) is 9.18 Å². The van der Waals surface area contributed by atoms with Crippen molar-refractivity contribution in [1.82, 2.24) is 10.6 Å². The van der Waals surface area contributed by atoms with Crippen LogP contribution in [0.4, 0.5) is 9.18 Å². The standard InChI is InChI=1S/C13H19FN2O3/c1-18-12(19-2)9-16-13(17)15-8-7-10-3-5-11(14)6-4-10/h3-6,12H,7-9H2,1-2H3,(H2,15,16,17). The Kier molecular flexibility index (Phi) is 6.84. The van der Waals surface area contributed by atoms with Crippen LogP contribution in [0.25, 0.3) is 0 Å². The Hall–Kier alpha value is -1.66. The van der Waals surface area contributed by atoms with Gasteiger partial charge in [0.15, 0.2) is 6.29 Å². The fourth-order valence-electron chi connectivity index (χ4n) is 1.47. The minimum Gasteiger partial charge on any atom is -0.354 e. The summed E-state index contributed by atoms with van der Waals surface area (Å²) in [6.45, 7) is 0.747. The quantitative estimate of drug-likeness (QED) is 0.734. The lowest BCUT2D eigenvalue weighted by Gasteiger charge is -2.14. The molecule has 106 valence electrons. The van der Waals surface area contributed by atoms with Crippen LogP contribution in [0.15, 0.2) is 24.3 Å². The number of urea groups is 1. The van der Waals surface area contributed by atoms with Crippen molar-refractivity contribution < 1.29 is 18.7 Å². The van der Waals surface area contributed by atoms with Gasteiger partial charge in [0.2, 0.25) is 0 Å². The number of hydrogen-bond acceptors (Lipinski definition) is 3. The van der Waals surface area contributed by atoms with Gasteiger partial charge in [0.1, 0.15) is 5.82 Å². The van der Waals surface area contributed by atoms with Crippen LogP contribution in [-0.2, 0) is 15.9 Å². The summed E-state index contributed by atoms with van der Waals surface area (Å²) in [4.78, 5) is 11.4. The third-order valence-corrected chi connectivity index (χ3v) is 2.57. The molecule has 2 N–H and O–H groups in total. The molecule has 0 bridgehead atoms. The lowest BCUT2D eigenvalue weighted by molar-refractivity contribution is -0.0971. The van der Waals surface area contributed by atoms with Crippen LogP contribution in [0.1, 0.15) is 5.56 Å². The molecule has 2 amide bonds. The first kappa shape index (κ1) is 15.4. The van der Waals surface area contributed by atoms with Crippen LogP contribution in [0, 0.1) is 5.82 Å². The number of methoxy groups -OCH3 is 2. The number of amides is 2. The summed E-state index contributed by atoms with van der Waals surface area (Å²) in [5.74, 6) is -0.264. The highest BCUT2D eigenvalue weighted by atomic mass is 19.1.